The van der Waals surface area contributed by atoms with Gasteiger partial charge in [-0.05, 0) is 19.4 Å². The van der Waals surface area contributed by atoms with Crippen LogP contribution in [0.1, 0.15) is 30.9 Å². The second-order valence-corrected chi connectivity index (χ2v) is 6.93. The van der Waals surface area contributed by atoms with E-state index >= 15 is 0 Å². The van der Waals surface area contributed by atoms with Crippen LogP contribution in [0.4, 0.5) is 0 Å². The molecule has 0 saturated carbocycles. The molecular formula is C15H20O5S. The second kappa shape index (κ2) is 7.93. The minimum Gasteiger partial charge on any atom is -0.466 e. The summed E-state index contributed by atoms with van der Waals surface area (Å²) in [6, 6.07) is 7.15. The number of rotatable bonds is 8. The molecule has 0 atom stereocenters. The molecule has 0 aliphatic heterocycles. The zero-order valence-electron chi connectivity index (χ0n) is 12.3. The van der Waals surface area contributed by atoms with E-state index in [4.69, 9.17) is 4.74 Å². The molecule has 5 nitrogen and oxygen atoms in total. The first kappa shape index (κ1) is 17.4. The number of Topliss-reactive ketones (excluding diaryl/α,β-unsaturated/α-hetero) is 1. The molecule has 1 aromatic carbocycles. The maximum absolute atomic E-state index is 12.0. The molecule has 21 heavy (non-hydrogen) atoms. The Bertz CT molecular complexity index is 604. The third kappa shape index (κ3) is 7.04. The molecule has 0 saturated heterocycles. The molecule has 0 spiro atoms. The highest BCUT2D eigenvalue weighted by atomic mass is 32.2. The third-order valence-electron chi connectivity index (χ3n) is 2.76. The van der Waals surface area contributed by atoms with Gasteiger partial charge in [-0.2, -0.15) is 0 Å². The van der Waals surface area contributed by atoms with Gasteiger partial charge in [0.2, 0.25) is 0 Å². The van der Waals surface area contributed by atoms with Gasteiger partial charge in [0.1, 0.15) is 11.5 Å². The molecule has 0 radical (unpaired) electrons. The number of hydrogen-bond acceptors (Lipinski definition) is 5. The van der Waals surface area contributed by atoms with Gasteiger partial charge in [0.25, 0.3) is 0 Å². The Morgan fingerprint density at radius 1 is 1.19 bits per heavy atom. The van der Waals surface area contributed by atoms with Gasteiger partial charge in [0.05, 0.1) is 18.8 Å². The maximum Gasteiger partial charge on any atom is 0.306 e. The van der Waals surface area contributed by atoms with Crippen molar-refractivity contribution >= 4 is 21.6 Å². The number of esters is 1. The van der Waals surface area contributed by atoms with Crippen LogP contribution < -0.4 is 0 Å². The van der Waals surface area contributed by atoms with Crippen LogP contribution in [0.25, 0.3) is 0 Å². The van der Waals surface area contributed by atoms with Crippen molar-refractivity contribution < 1.29 is 22.7 Å². The Balaban J connectivity index is 2.52. The summed E-state index contributed by atoms with van der Waals surface area (Å²) in [7, 11) is -3.51. The van der Waals surface area contributed by atoms with E-state index in [1.54, 1.807) is 25.1 Å². The molecule has 1 rings (SSSR count). The predicted molar refractivity (Wildman–Crippen MR) is 79.5 cm³/mol. The minimum atomic E-state index is -3.51. The first-order valence-electron chi connectivity index (χ1n) is 6.75. The zero-order chi connectivity index (χ0) is 15.9. The highest BCUT2D eigenvalue weighted by Gasteiger charge is 2.18. The minimum absolute atomic E-state index is 0.0767. The number of carbonyl (C=O) groups is 2. The largest absolute Gasteiger partial charge is 0.466 e. The maximum atomic E-state index is 12.0. The number of ether oxygens (including phenoxy) is 1. The summed E-state index contributed by atoms with van der Waals surface area (Å²) in [6.45, 7) is 3.80. The fourth-order valence-corrected chi connectivity index (χ4v) is 3.32. The van der Waals surface area contributed by atoms with Crippen LogP contribution >= 0.6 is 0 Å². The smallest absolute Gasteiger partial charge is 0.306 e. The molecule has 0 aromatic heterocycles. The van der Waals surface area contributed by atoms with Crippen molar-refractivity contribution in [1.29, 1.82) is 0 Å². The monoisotopic (exact) mass is 312 g/mol. The molecular weight excluding hydrogens is 292 g/mol. The van der Waals surface area contributed by atoms with Crippen LogP contribution in [0.5, 0.6) is 0 Å². The quantitative estimate of drug-likeness (QED) is 0.684. The number of hydrogen-bond donors (Lipinski definition) is 0. The average Bonchev–Trinajstić information content (AvgIpc) is 2.35. The van der Waals surface area contributed by atoms with Gasteiger partial charge < -0.3 is 4.74 Å². The number of carbonyl (C=O) groups excluding carboxylic acids is 2. The van der Waals surface area contributed by atoms with Crippen LogP contribution in [0.3, 0.4) is 0 Å². The number of sulfone groups is 1. The summed E-state index contributed by atoms with van der Waals surface area (Å²) in [5, 5.41) is 0. The molecule has 0 bridgehead atoms. The van der Waals surface area contributed by atoms with Crippen LogP contribution in [0, 0.1) is 6.92 Å². The number of benzene rings is 1. The Morgan fingerprint density at radius 3 is 2.52 bits per heavy atom. The van der Waals surface area contributed by atoms with Gasteiger partial charge in [-0.25, -0.2) is 8.42 Å². The molecule has 0 N–H and O–H groups in total. The number of aryl methyl sites for hydroxylation is 1. The lowest BCUT2D eigenvalue weighted by atomic mass is 10.2. The Labute approximate surface area is 125 Å². The van der Waals surface area contributed by atoms with Gasteiger partial charge in [0, 0.05) is 6.42 Å². The summed E-state index contributed by atoms with van der Waals surface area (Å²) < 4.78 is 28.6. The molecule has 0 heterocycles. The molecule has 0 unspecified atom stereocenters. The highest BCUT2D eigenvalue weighted by molar-refractivity contribution is 7.91. The van der Waals surface area contributed by atoms with Crippen molar-refractivity contribution in [2.24, 2.45) is 0 Å². The Kier molecular flexibility index (Phi) is 6.55. The van der Waals surface area contributed by atoms with E-state index in [9.17, 15) is 18.0 Å². The highest BCUT2D eigenvalue weighted by Crippen LogP contribution is 2.10. The summed E-state index contributed by atoms with van der Waals surface area (Å²) >= 11 is 0. The zero-order valence-corrected chi connectivity index (χ0v) is 13.1. The second-order valence-electron chi connectivity index (χ2n) is 4.86. The molecule has 0 amide bonds. The Morgan fingerprint density at radius 2 is 1.90 bits per heavy atom. The fraction of sp³-hybridized carbons (Fsp3) is 0.467. The standard InChI is InChI=1S/C15H20O5S/c1-3-20-15(17)8-7-14(16)11-21(18,19)10-13-6-4-5-12(2)9-13/h4-6,9H,3,7-8,10-11H2,1-2H3. The van der Waals surface area contributed by atoms with E-state index in [1.165, 1.54) is 0 Å². The molecule has 0 fully saturated rings. The summed E-state index contributed by atoms with van der Waals surface area (Å²) in [4.78, 5) is 22.8. The summed E-state index contributed by atoms with van der Waals surface area (Å²) in [5.41, 5.74) is 1.63. The molecule has 0 aliphatic carbocycles. The Hall–Kier alpha value is -1.69. The lowest BCUT2D eigenvalue weighted by Gasteiger charge is -2.05. The average molecular weight is 312 g/mol. The number of ketones is 1. The lowest BCUT2D eigenvalue weighted by molar-refractivity contribution is -0.144. The normalized spacial score (nSPS) is 11.1. The van der Waals surface area contributed by atoms with Crippen molar-refractivity contribution in [1.82, 2.24) is 0 Å². The van der Waals surface area contributed by atoms with Gasteiger partial charge in [-0.15, -0.1) is 0 Å². The summed E-state index contributed by atoms with van der Waals surface area (Å²) in [5.74, 6) is -1.65. The van der Waals surface area contributed by atoms with Crippen molar-refractivity contribution in [3.63, 3.8) is 0 Å². The fourth-order valence-electron chi connectivity index (χ4n) is 1.90. The lowest BCUT2D eigenvalue weighted by Crippen LogP contribution is -2.19. The van der Waals surface area contributed by atoms with Gasteiger partial charge in [-0.3, -0.25) is 9.59 Å². The van der Waals surface area contributed by atoms with E-state index in [0.717, 1.165) is 5.56 Å². The van der Waals surface area contributed by atoms with Crippen LogP contribution in [-0.4, -0.2) is 32.5 Å². The molecule has 0 aliphatic rings. The van der Waals surface area contributed by atoms with Crippen LogP contribution in [0.2, 0.25) is 0 Å². The van der Waals surface area contributed by atoms with E-state index < -0.39 is 27.3 Å². The molecule has 6 heteroatoms. The summed E-state index contributed by atoms with van der Waals surface area (Å²) in [6.07, 6.45) is -0.182. The topological polar surface area (TPSA) is 77.5 Å². The first-order chi connectivity index (χ1) is 9.82. The van der Waals surface area contributed by atoms with E-state index in [2.05, 4.69) is 0 Å². The third-order valence-corrected chi connectivity index (χ3v) is 4.30. The molecule has 116 valence electrons. The van der Waals surface area contributed by atoms with Crippen LogP contribution in [0.15, 0.2) is 24.3 Å². The molecule has 1 aromatic rings. The van der Waals surface area contributed by atoms with Crippen molar-refractivity contribution in [3.05, 3.63) is 35.4 Å². The first-order valence-corrected chi connectivity index (χ1v) is 8.58. The van der Waals surface area contributed by atoms with Crippen molar-refractivity contribution in [2.45, 2.75) is 32.4 Å². The van der Waals surface area contributed by atoms with E-state index in [0.29, 0.717) is 5.56 Å². The van der Waals surface area contributed by atoms with Gasteiger partial charge >= 0.3 is 5.97 Å². The van der Waals surface area contributed by atoms with Crippen LogP contribution in [-0.2, 0) is 29.9 Å². The van der Waals surface area contributed by atoms with Crippen molar-refractivity contribution in [2.75, 3.05) is 12.4 Å². The van der Waals surface area contributed by atoms with E-state index in [1.807, 2.05) is 13.0 Å². The predicted octanol–water partition coefficient (Wildman–Crippen LogP) is 1.82. The van der Waals surface area contributed by atoms with Gasteiger partial charge in [0.15, 0.2) is 9.84 Å². The SMILES string of the molecule is CCOC(=O)CCC(=O)CS(=O)(=O)Cc1cccc(C)c1. The van der Waals surface area contributed by atoms with E-state index in [-0.39, 0.29) is 25.2 Å². The van der Waals surface area contributed by atoms with Gasteiger partial charge in [-0.1, -0.05) is 29.8 Å². The van der Waals surface area contributed by atoms with Crippen molar-refractivity contribution in [3.8, 4) is 0 Å².